The first-order chi connectivity index (χ1) is 19.6. The predicted octanol–water partition coefficient (Wildman–Crippen LogP) is 5.51. The first-order valence-corrected chi connectivity index (χ1v) is 13.1. The number of hydrogen-bond donors (Lipinski definition) is 3. The maximum absolute atomic E-state index is 14.3. The van der Waals surface area contributed by atoms with E-state index in [2.05, 4.69) is 35.5 Å². The van der Waals surface area contributed by atoms with Crippen molar-refractivity contribution in [2.75, 3.05) is 20.2 Å². The van der Waals surface area contributed by atoms with Crippen molar-refractivity contribution in [3.8, 4) is 45.1 Å². The summed E-state index contributed by atoms with van der Waals surface area (Å²) in [6.45, 7) is 1.92. The van der Waals surface area contributed by atoms with Crippen LogP contribution in [0.15, 0.2) is 67.3 Å². The quantitative estimate of drug-likeness (QED) is 0.258. The molecule has 0 bridgehead atoms. The normalized spacial score (nSPS) is 14.2. The highest BCUT2D eigenvalue weighted by atomic mass is 19.1. The SMILES string of the molecule is COc1cc(F)cc(-c2ccnc3[nH]c(-c4n[nH]c5ncc(-c6cncc(OC7CCNCC7)c6)cc45)cc23)c1. The van der Waals surface area contributed by atoms with E-state index in [1.54, 1.807) is 18.6 Å². The molecule has 0 unspecified atom stereocenters. The summed E-state index contributed by atoms with van der Waals surface area (Å²) in [6.07, 6.45) is 9.21. The zero-order valence-electron chi connectivity index (χ0n) is 21.7. The minimum Gasteiger partial charge on any atom is -0.497 e. The van der Waals surface area contributed by atoms with Gasteiger partial charge < -0.3 is 19.8 Å². The van der Waals surface area contributed by atoms with E-state index < -0.39 is 0 Å². The summed E-state index contributed by atoms with van der Waals surface area (Å²) in [5.41, 5.74) is 6.16. The van der Waals surface area contributed by atoms with Crippen molar-refractivity contribution < 1.29 is 13.9 Å². The number of rotatable bonds is 6. The van der Waals surface area contributed by atoms with Gasteiger partial charge in [-0.1, -0.05) is 0 Å². The molecule has 1 saturated heterocycles. The van der Waals surface area contributed by atoms with Gasteiger partial charge in [0.25, 0.3) is 0 Å². The molecule has 0 saturated carbocycles. The molecule has 1 fully saturated rings. The van der Waals surface area contributed by atoms with Gasteiger partial charge in [-0.05, 0) is 73.5 Å². The number of fused-ring (bicyclic) bond motifs is 2. The second kappa shape index (κ2) is 10.0. The van der Waals surface area contributed by atoms with Gasteiger partial charge in [0.1, 0.15) is 34.8 Å². The van der Waals surface area contributed by atoms with Gasteiger partial charge in [-0.15, -0.1) is 0 Å². The number of aromatic amines is 2. The van der Waals surface area contributed by atoms with Crippen molar-refractivity contribution in [3.05, 3.63) is 73.1 Å². The van der Waals surface area contributed by atoms with E-state index in [0.717, 1.165) is 64.8 Å². The van der Waals surface area contributed by atoms with Crippen LogP contribution in [0.4, 0.5) is 4.39 Å². The fourth-order valence-electron chi connectivity index (χ4n) is 5.26. The standard InChI is InChI=1S/C30H26FN7O2/c1-39-22-9-17(8-20(31)12-22)24-4-7-34-29-25(24)13-27(36-29)28-26-11-19(15-35-30(26)38-37-28)18-10-23(16-33-14-18)40-21-2-5-32-6-3-21/h4,7-16,21,32H,2-3,5-6H2,1H3,(H,34,36)(H,35,37,38). The summed E-state index contributed by atoms with van der Waals surface area (Å²) >= 11 is 0. The van der Waals surface area contributed by atoms with Gasteiger partial charge in [-0.2, -0.15) is 5.10 Å². The van der Waals surface area contributed by atoms with E-state index in [9.17, 15) is 4.39 Å². The van der Waals surface area contributed by atoms with E-state index in [0.29, 0.717) is 28.3 Å². The molecule has 3 N–H and O–H groups in total. The summed E-state index contributed by atoms with van der Waals surface area (Å²) in [5, 5.41) is 12.6. The van der Waals surface area contributed by atoms with Gasteiger partial charge >= 0.3 is 0 Å². The first kappa shape index (κ1) is 24.2. The number of methoxy groups -OCH3 is 1. The molecule has 6 aromatic rings. The lowest BCUT2D eigenvalue weighted by atomic mass is 10.0. The van der Waals surface area contributed by atoms with Crippen LogP contribution < -0.4 is 14.8 Å². The fourth-order valence-corrected chi connectivity index (χ4v) is 5.26. The second-order valence-electron chi connectivity index (χ2n) is 9.85. The molecule has 0 amide bonds. The van der Waals surface area contributed by atoms with Crippen LogP contribution in [0.25, 0.3) is 55.7 Å². The summed E-state index contributed by atoms with van der Waals surface area (Å²) in [6, 6.07) is 12.5. The molecular formula is C30H26FN7O2. The minimum absolute atomic E-state index is 0.188. The molecule has 1 aromatic carbocycles. The number of hydrogen-bond acceptors (Lipinski definition) is 7. The molecular weight excluding hydrogens is 509 g/mol. The largest absolute Gasteiger partial charge is 0.497 e. The van der Waals surface area contributed by atoms with Gasteiger partial charge in [0.15, 0.2) is 5.65 Å². The number of nitrogens with zero attached hydrogens (tertiary/aromatic N) is 4. The van der Waals surface area contributed by atoms with Crippen LogP contribution in [0.3, 0.4) is 0 Å². The molecule has 9 nitrogen and oxygen atoms in total. The zero-order chi connectivity index (χ0) is 27.1. The molecule has 40 heavy (non-hydrogen) atoms. The highest BCUT2D eigenvalue weighted by Gasteiger charge is 2.18. The number of aromatic nitrogens is 6. The van der Waals surface area contributed by atoms with E-state index >= 15 is 0 Å². The molecule has 1 aliphatic heterocycles. The third-order valence-corrected chi connectivity index (χ3v) is 7.26. The lowest BCUT2D eigenvalue weighted by Crippen LogP contribution is -2.34. The van der Waals surface area contributed by atoms with Crippen LogP contribution in [-0.2, 0) is 0 Å². The zero-order valence-corrected chi connectivity index (χ0v) is 21.7. The molecule has 0 aliphatic carbocycles. The third-order valence-electron chi connectivity index (χ3n) is 7.26. The third kappa shape index (κ3) is 4.52. The Kier molecular flexibility index (Phi) is 6.09. The molecule has 7 rings (SSSR count). The van der Waals surface area contributed by atoms with Crippen LogP contribution in [0.1, 0.15) is 12.8 Å². The summed E-state index contributed by atoms with van der Waals surface area (Å²) < 4.78 is 25.8. The lowest BCUT2D eigenvalue weighted by molar-refractivity contribution is 0.162. The molecule has 6 heterocycles. The lowest BCUT2D eigenvalue weighted by Gasteiger charge is -2.23. The monoisotopic (exact) mass is 535 g/mol. The summed E-state index contributed by atoms with van der Waals surface area (Å²) in [7, 11) is 1.52. The Morgan fingerprint density at radius 3 is 2.58 bits per heavy atom. The van der Waals surface area contributed by atoms with Gasteiger partial charge in [-0.25, -0.2) is 14.4 Å². The van der Waals surface area contributed by atoms with E-state index in [1.165, 1.54) is 19.2 Å². The van der Waals surface area contributed by atoms with Gasteiger partial charge in [0.2, 0.25) is 0 Å². The number of nitrogens with one attached hydrogen (secondary N) is 3. The van der Waals surface area contributed by atoms with Gasteiger partial charge in [0.05, 0.1) is 19.0 Å². The van der Waals surface area contributed by atoms with Crippen LogP contribution in [0, 0.1) is 5.82 Å². The molecule has 0 radical (unpaired) electrons. The second-order valence-corrected chi connectivity index (χ2v) is 9.85. The topological polar surface area (TPSA) is 114 Å². The minimum atomic E-state index is -0.369. The molecule has 200 valence electrons. The molecule has 10 heteroatoms. The van der Waals surface area contributed by atoms with Crippen molar-refractivity contribution in [2.45, 2.75) is 18.9 Å². The van der Waals surface area contributed by atoms with E-state index in [4.69, 9.17) is 9.47 Å². The Balaban J connectivity index is 1.26. The molecule has 1 aliphatic rings. The highest BCUT2D eigenvalue weighted by Crippen LogP contribution is 2.35. The Labute approximate surface area is 228 Å². The number of ether oxygens (including phenoxy) is 2. The Hall–Kier alpha value is -4.83. The summed E-state index contributed by atoms with van der Waals surface area (Å²) in [5.74, 6) is 0.833. The summed E-state index contributed by atoms with van der Waals surface area (Å²) in [4.78, 5) is 16.9. The van der Waals surface area contributed by atoms with Gasteiger partial charge in [-0.3, -0.25) is 10.1 Å². The average molecular weight is 536 g/mol. The van der Waals surface area contributed by atoms with Crippen LogP contribution in [-0.4, -0.2) is 56.4 Å². The molecule has 0 atom stereocenters. The van der Waals surface area contributed by atoms with Crippen LogP contribution in [0.5, 0.6) is 11.5 Å². The Morgan fingerprint density at radius 1 is 0.850 bits per heavy atom. The van der Waals surface area contributed by atoms with Crippen LogP contribution >= 0.6 is 0 Å². The molecule has 5 aromatic heterocycles. The van der Waals surface area contributed by atoms with Crippen molar-refractivity contribution >= 4 is 22.1 Å². The Bertz CT molecular complexity index is 1840. The van der Waals surface area contributed by atoms with Crippen LogP contribution in [0.2, 0.25) is 0 Å². The van der Waals surface area contributed by atoms with Crippen molar-refractivity contribution in [1.29, 1.82) is 0 Å². The molecule has 0 spiro atoms. The van der Waals surface area contributed by atoms with Crippen molar-refractivity contribution in [2.24, 2.45) is 0 Å². The maximum Gasteiger partial charge on any atom is 0.155 e. The van der Waals surface area contributed by atoms with Gasteiger partial charge in [0, 0.05) is 46.6 Å². The number of pyridine rings is 3. The smallest absolute Gasteiger partial charge is 0.155 e. The highest BCUT2D eigenvalue weighted by molar-refractivity contribution is 5.99. The maximum atomic E-state index is 14.3. The Morgan fingerprint density at radius 2 is 1.70 bits per heavy atom. The number of benzene rings is 1. The fraction of sp³-hybridized carbons (Fsp3) is 0.200. The van der Waals surface area contributed by atoms with Crippen molar-refractivity contribution in [3.63, 3.8) is 0 Å². The first-order valence-electron chi connectivity index (χ1n) is 13.1. The number of halogens is 1. The van der Waals surface area contributed by atoms with Crippen molar-refractivity contribution in [1.82, 2.24) is 35.5 Å². The number of H-pyrrole nitrogens is 2. The van der Waals surface area contributed by atoms with E-state index in [1.807, 2.05) is 36.5 Å². The van der Waals surface area contributed by atoms with E-state index in [-0.39, 0.29) is 11.9 Å². The average Bonchev–Trinajstić information content (AvgIpc) is 3.61. The number of piperidine rings is 1. The predicted molar refractivity (Wildman–Crippen MR) is 151 cm³/mol.